The molecule has 1 atom stereocenters. The molecule has 4 rings (SSSR count). The molecular formula is C18H20FN5S. The van der Waals surface area contributed by atoms with Crippen LogP contribution in [-0.2, 0) is 13.0 Å². The van der Waals surface area contributed by atoms with E-state index in [-0.39, 0.29) is 5.82 Å². The lowest BCUT2D eigenvalue weighted by atomic mass is 10.1. The Labute approximate surface area is 149 Å². The number of halogens is 1. The van der Waals surface area contributed by atoms with Crippen LogP contribution >= 0.6 is 11.3 Å². The zero-order valence-electron chi connectivity index (χ0n) is 14.2. The van der Waals surface area contributed by atoms with Crippen molar-refractivity contribution < 1.29 is 4.39 Å². The Morgan fingerprint density at radius 1 is 1.24 bits per heavy atom. The molecule has 0 fully saturated rings. The molecule has 0 saturated heterocycles. The summed E-state index contributed by atoms with van der Waals surface area (Å²) in [6, 6.07) is 6.72. The summed E-state index contributed by atoms with van der Waals surface area (Å²) in [5.74, 6) is 2.11. The van der Waals surface area contributed by atoms with Crippen molar-refractivity contribution in [2.24, 2.45) is 0 Å². The first-order valence-corrected chi connectivity index (χ1v) is 9.38. The lowest BCUT2D eigenvalue weighted by molar-refractivity contribution is 0.439. The largest absolute Gasteiger partial charge is 0.357 e. The normalized spacial score (nSPS) is 16.9. The predicted molar refractivity (Wildman–Crippen MR) is 97.4 cm³/mol. The van der Waals surface area contributed by atoms with Crippen molar-refractivity contribution in [2.45, 2.75) is 45.2 Å². The van der Waals surface area contributed by atoms with E-state index in [1.54, 1.807) is 23.5 Å². The van der Waals surface area contributed by atoms with Gasteiger partial charge in [-0.15, -0.1) is 11.3 Å². The number of thiazole rings is 1. The van der Waals surface area contributed by atoms with E-state index in [1.807, 2.05) is 10.1 Å². The summed E-state index contributed by atoms with van der Waals surface area (Å²) >= 11 is 1.57. The summed E-state index contributed by atoms with van der Waals surface area (Å²) in [6.45, 7) is 5.04. The van der Waals surface area contributed by atoms with E-state index in [0.717, 1.165) is 47.4 Å². The van der Waals surface area contributed by atoms with E-state index in [1.165, 1.54) is 12.1 Å². The molecule has 130 valence electrons. The topological polar surface area (TPSA) is 55.6 Å². The number of hydrogen-bond donors (Lipinski definition) is 1. The minimum Gasteiger partial charge on any atom is -0.357 e. The van der Waals surface area contributed by atoms with Gasteiger partial charge in [-0.1, -0.05) is 13.8 Å². The Morgan fingerprint density at radius 2 is 2.04 bits per heavy atom. The maximum atomic E-state index is 13.0. The van der Waals surface area contributed by atoms with E-state index in [4.69, 9.17) is 0 Å². The summed E-state index contributed by atoms with van der Waals surface area (Å²) in [6.07, 6.45) is 1.94. The van der Waals surface area contributed by atoms with Crippen molar-refractivity contribution in [2.75, 3.05) is 5.32 Å². The van der Waals surface area contributed by atoms with Crippen molar-refractivity contribution in [1.29, 1.82) is 0 Å². The van der Waals surface area contributed by atoms with Gasteiger partial charge in [0.05, 0.1) is 12.2 Å². The zero-order valence-corrected chi connectivity index (χ0v) is 15.1. The van der Waals surface area contributed by atoms with E-state index in [9.17, 15) is 4.39 Å². The van der Waals surface area contributed by atoms with E-state index >= 15 is 0 Å². The van der Waals surface area contributed by atoms with Gasteiger partial charge in [-0.2, -0.15) is 5.10 Å². The van der Waals surface area contributed by atoms with Crippen molar-refractivity contribution in [1.82, 2.24) is 19.7 Å². The maximum absolute atomic E-state index is 13.0. The number of nitrogens with zero attached hydrogens (tertiary/aromatic N) is 4. The van der Waals surface area contributed by atoms with Crippen LogP contribution in [0.15, 0.2) is 29.6 Å². The molecule has 2 aromatic heterocycles. The van der Waals surface area contributed by atoms with Crippen molar-refractivity contribution in [3.63, 3.8) is 0 Å². The minimum atomic E-state index is -0.232. The number of rotatable bonds is 4. The average molecular weight is 357 g/mol. The Balaban J connectivity index is 1.45. The Bertz CT molecular complexity index is 868. The first kappa shape index (κ1) is 16.2. The van der Waals surface area contributed by atoms with Crippen LogP contribution in [0.2, 0.25) is 0 Å². The van der Waals surface area contributed by atoms with Crippen molar-refractivity contribution in [3.05, 3.63) is 47.1 Å². The minimum absolute atomic E-state index is 0.232. The maximum Gasteiger partial charge on any atom is 0.183 e. The van der Waals surface area contributed by atoms with Crippen LogP contribution < -0.4 is 5.32 Å². The fraction of sp³-hybridized carbons (Fsp3) is 0.389. The quantitative estimate of drug-likeness (QED) is 0.764. The Morgan fingerprint density at radius 3 is 2.80 bits per heavy atom. The highest BCUT2D eigenvalue weighted by Crippen LogP contribution is 2.27. The van der Waals surface area contributed by atoms with Gasteiger partial charge in [-0.3, -0.25) is 0 Å². The van der Waals surface area contributed by atoms with Gasteiger partial charge in [0.1, 0.15) is 11.6 Å². The predicted octanol–water partition coefficient (Wildman–Crippen LogP) is 4.09. The van der Waals surface area contributed by atoms with E-state index in [0.29, 0.717) is 12.0 Å². The monoisotopic (exact) mass is 357 g/mol. The summed E-state index contributed by atoms with van der Waals surface area (Å²) in [5.41, 5.74) is 1.79. The molecule has 3 heterocycles. The second-order valence-corrected chi connectivity index (χ2v) is 7.51. The smallest absolute Gasteiger partial charge is 0.183 e. The number of aromatic nitrogens is 4. The molecule has 1 N–H and O–H groups in total. The van der Waals surface area contributed by atoms with Crippen LogP contribution in [0.5, 0.6) is 0 Å². The zero-order chi connectivity index (χ0) is 17.4. The molecule has 1 unspecified atom stereocenters. The van der Waals surface area contributed by atoms with Crippen LogP contribution in [-0.4, -0.2) is 25.8 Å². The lowest BCUT2D eigenvalue weighted by Crippen LogP contribution is -2.31. The number of nitrogens with one attached hydrogen (secondary N) is 1. The number of benzene rings is 1. The SMILES string of the molecule is CC(C)c1nc2n(n1)CC(Nc1nc(-c3ccc(F)cc3)cs1)CC2. The Kier molecular flexibility index (Phi) is 4.25. The van der Waals surface area contributed by atoms with Gasteiger partial charge in [0, 0.05) is 29.3 Å². The fourth-order valence-corrected chi connectivity index (χ4v) is 3.76. The third-order valence-electron chi connectivity index (χ3n) is 4.36. The summed E-state index contributed by atoms with van der Waals surface area (Å²) in [7, 11) is 0. The molecule has 1 aromatic carbocycles. The third kappa shape index (κ3) is 3.42. The number of aryl methyl sites for hydroxylation is 1. The molecule has 0 amide bonds. The van der Waals surface area contributed by atoms with Crippen molar-refractivity contribution >= 4 is 16.5 Å². The van der Waals surface area contributed by atoms with Gasteiger partial charge in [0.25, 0.3) is 0 Å². The van der Waals surface area contributed by atoms with E-state index < -0.39 is 0 Å². The number of anilines is 1. The second-order valence-electron chi connectivity index (χ2n) is 6.65. The van der Waals surface area contributed by atoms with Crippen LogP contribution in [0.25, 0.3) is 11.3 Å². The number of fused-ring (bicyclic) bond motifs is 1. The van der Waals surface area contributed by atoms with Crippen LogP contribution in [0.3, 0.4) is 0 Å². The van der Waals surface area contributed by atoms with Crippen LogP contribution in [0.4, 0.5) is 9.52 Å². The summed E-state index contributed by atoms with van der Waals surface area (Å²) < 4.78 is 15.1. The average Bonchev–Trinajstić information content (AvgIpc) is 3.22. The lowest BCUT2D eigenvalue weighted by Gasteiger charge is -2.23. The molecule has 25 heavy (non-hydrogen) atoms. The highest BCUT2D eigenvalue weighted by atomic mass is 32.1. The fourth-order valence-electron chi connectivity index (χ4n) is 2.96. The highest BCUT2D eigenvalue weighted by molar-refractivity contribution is 7.14. The number of hydrogen-bond acceptors (Lipinski definition) is 5. The van der Waals surface area contributed by atoms with Gasteiger partial charge >= 0.3 is 0 Å². The van der Waals surface area contributed by atoms with Gasteiger partial charge in [-0.05, 0) is 30.7 Å². The molecule has 0 aliphatic carbocycles. The molecule has 0 saturated carbocycles. The van der Waals surface area contributed by atoms with Gasteiger partial charge < -0.3 is 5.32 Å². The van der Waals surface area contributed by atoms with Crippen molar-refractivity contribution in [3.8, 4) is 11.3 Å². The molecule has 5 nitrogen and oxygen atoms in total. The standard InChI is InChI=1S/C18H20FN5S/c1-11(2)17-22-16-8-7-14(9-24(16)23-17)20-18-21-15(10-25-18)12-3-5-13(19)6-4-12/h3-6,10-11,14H,7-9H2,1-2H3,(H,20,21). The summed E-state index contributed by atoms with van der Waals surface area (Å²) in [5, 5.41) is 11.0. The molecular weight excluding hydrogens is 337 g/mol. The second kappa shape index (κ2) is 6.55. The van der Waals surface area contributed by atoms with Gasteiger partial charge in [-0.25, -0.2) is 19.0 Å². The van der Waals surface area contributed by atoms with Gasteiger partial charge in [0.15, 0.2) is 11.0 Å². The molecule has 0 radical (unpaired) electrons. The third-order valence-corrected chi connectivity index (χ3v) is 5.14. The molecule has 1 aliphatic heterocycles. The highest BCUT2D eigenvalue weighted by Gasteiger charge is 2.23. The molecule has 3 aromatic rings. The molecule has 1 aliphatic rings. The molecule has 0 bridgehead atoms. The van der Waals surface area contributed by atoms with Crippen LogP contribution in [0, 0.1) is 5.82 Å². The van der Waals surface area contributed by atoms with E-state index in [2.05, 4.69) is 34.2 Å². The van der Waals surface area contributed by atoms with Gasteiger partial charge in [0.2, 0.25) is 0 Å². The first-order valence-electron chi connectivity index (χ1n) is 8.50. The first-order chi connectivity index (χ1) is 12.1. The van der Waals surface area contributed by atoms with Crippen LogP contribution in [0.1, 0.15) is 37.8 Å². The Hall–Kier alpha value is -2.28. The molecule has 0 spiro atoms. The summed E-state index contributed by atoms with van der Waals surface area (Å²) in [4.78, 5) is 9.26. The molecule has 7 heteroatoms.